The molecule has 0 aliphatic carbocycles. The molecule has 0 bridgehead atoms. The zero-order valence-corrected chi connectivity index (χ0v) is 10.2. The Morgan fingerprint density at radius 3 is 3.20 bits per heavy atom. The number of nitrogens with one attached hydrogen (secondary N) is 1. The van der Waals surface area contributed by atoms with Crippen LogP contribution in [0.15, 0.2) is 27.6 Å². The molecule has 4 heteroatoms. The van der Waals surface area contributed by atoms with Crippen molar-refractivity contribution in [3.63, 3.8) is 0 Å². The predicted molar refractivity (Wildman–Crippen MR) is 64.0 cm³/mol. The highest BCUT2D eigenvalue weighted by molar-refractivity contribution is 9.10. The highest BCUT2D eigenvalue weighted by atomic mass is 79.9. The molecular formula is C11H15BrN2O. The average molecular weight is 271 g/mol. The fourth-order valence-corrected chi connectivity index (χ4v) is 2.39. The van der Waals surface area contributed by atoms with E-state index in [2.05, 4.69) is 21.2 Å². The Labute approximate surface area is 97.6 Å². The van der Waals surface area contributed by atoms with E-state index in [9.17, 15) is 4.79 Å². The molecule has 82 valence electrons. The molecule has 1 unspecified atom stereocenters. The molecule has 0 spiro atoms. The van der Waals surface area contributed by atoms with Gasteiger partial charge in [-0.3, -0.25) is 4.79 Å². The average Bonchev–Trinajstić information content (AvgIpc) is 2.26. The number of hydrogen-bond acceptors (Lipinski definition) is 2. The van der Waals surface area contributed by atoms with E-state index < -0.39 is 0 Å². The van der Waals surface area contributed by atoms with Crippen molar-refractivity contribution in [1.29, 1.82) is 0 Å². The largest absolute Gasteiger partial charge is 0.316 e. The van der Waals surface area contributed by atoms with Gasteiger partial charge in [0, 0.05) is 12.7 Å². The van der Waals surface area contributed by atoms with Gasteiger partial charge in [-0.25, -0.2) is 0 Å². The zero-order valence-electron chi connectivity index (χ0n) is 8.58. The fourth-order valence-electron chi connectivity index (χ4n) is 2.01. The van der Waals surface area contributed by atoms with Crippen LogP contribution in [-0.2, 0) is 6.54 Å². The highest BCUT2D eigenvalue weighted by Crippen LogP contribution is 2.12. The first-order valence-electron chi connectivity index (χ1n) is 5.33. The molecular weight excluding hydrogens is 256 g/mol. The maximum absolute atomic E-state index is 11.7. The van der Waals surface area contributed by atoms with Gasteiger partial charge in [-0.05, 0) is 59.9 Å². The summed E-state index contributed by atoms with van der Waals surface area (Å²) in [4.78, 5) is 11.7. The standard InChI is InChI=1S/C11H15BrN2O/c12-10-4-2-6-14(11(10)15)8-9-3-1-5-13-7-9/h2,4,6,9,13H,1,3,5,7-8H2. The van der Waals surface area contributed by atoms with E-state index in [1.165, 1.54) is 12.8 Å². The summed E-state index contributed by atoms with van der Waals surface area (Å²) in [5.41, 5.74) is 0.0723. The van der Waals surface area contributed by atoms with Crippen LogP contribution in [0.3, 0.4) is 0 Å². The fraction of sp³-hybridized carbons (Fsp3) is 0.545. The zero-order chi connectivity index (χ0) is 10.7. The van der Waals surface area contributed by atoms with Gasteiger partial charge in [-0.1, -0.05) is 0 Å². The van der Waals surface area contributed by atoms with E-state index in [0.717, 1.165) is 19.6 Å². The van der Waals surface area contributed by atoms with Gasteiger partial charge in [0.05, 0.1) is 4.47 Å². The summed E-state index contributed by atoms with van der Waals surface area (Å²) in [7, 11) is 0. The van der Waals surface area contributed by atoms with E-state index in [-0.39, 0.29) is 5.56 Å². The highest BCUT2D eigenvalue weighted by Gasteiger charge is 2.14. The molecule has 1 aromatic rings. The van der Waals surface area contributed by atoms with Gasteiger partial charge in [-0.2, -0.15) is 0 Å². The molecule has 1 aromatic heterocycles. The van der Waals surface area contributed by atoms with Crippen LogP contribution >= 0.6 is 15.9 Å². The van der Waals surface area contributed by atoms with E-state index in [1.54, 1.807) is 10.6 Å². The lowest BCUT2D eigenvalue weighted by molar-refractivity contribution is 0.333. The first kappa shape index (κ1) is 10.9. The number of piperidine rings is 1. The minimum Gasteiger partial charge on any atom is -0.316 e. The van der Waals surface area contributed by atoms with Crippen molar-refractivity contribution in [3.8, 4) is 0 Å². The lowest BCUT2D eigenvalue weighted by atomic mass is 10.00. The first-order chi connectivity index (χ1) is 7.27. The molecule has 1 saturated heterocycles. The van der Waals surface area contributed by atoms with Gasteiger partial charge in [0.25, 0.3) is 5.56 Å². The van der Waals surface area contributed by atoms with Crippen LogP contribution < -0.4 is 10.9 Å². The summed E-state index contributed by atoms with van der Waals surface area (Å²) in [5, 5.41) is 3.36. The number of halogens is 1. The number of pyridine rings is 1. The summed E-state index contributed by atoms with van der Waals surface area (Å²) in [5.74, 6) is 0.589. The second kappa shape index (κ2) is 4.94. The molecule has 0 saturated carbocycles. The van der Waals surface area contributed by atoms with Crippen molar-refractivity contribution in [2.45, 2.75) is 19.4 Å². The Morgan fingerprint density at radius 1 is 1.60 bits per heavy atom. The summed E-state index contributed by atoms with van der Waals surface area (Å²) in [6.45, 7) is 2.97. The van der Waals surface area contributed by atoms with Gasteiger partial charge < -0.3 is 9.88 Å². The molecule has 0 radical (unpaired) electrons. The van der Waals surface area contributed by atoms with Crippen molar-refractivity contribution in [2.24, 2.45) is 5.92 Å². The molecule has 2 heterocycles. The second-order valence-electron chi connectivity index (χ2n) is 4.03. The van der Waals surface area contributed by atoms with Crippen molar-refractivity contribution in [1.82, 2.24) is 9.88 Å². The molecule has 0 aromatic carbocycles. The molecule has 1 aliphatic heterocycles. The third-order valence-electron chi connectivity index (χ3n) is 2.83. The quantitative estimate of drug-likeness (QED) is 0.886. The topological polar surface area (TPSA) is 34.0 Å². The van der Waals surface area contributed by atoms with Crippen LogP contribution in [0.5, 0.6) is 0 Å². The maximum atomic E-state index is 11.7. The van der Waals surface area contributed by atoms with Gasteiger partial charge in [0.2, 0.25) is 0 Å². The molecule has 15 heavy (non-hydrogen) atoms. The molecule has 1 fully saturated rings. The Bertz CT molecular complexity index is 382. The Hall–Kier alpha value is -0.610. The monoisotopic (exact) mass is 270 g/mol. The van der Waals surface area contributed by atoms with Crippen LogP contribution in [0.25, 0.3) is 0 Å². The number of hydrogen-bond donors (Lipinski definition) is 1. The van der Waals surface area contributed by atoms with Crippen LogP contribution in [-0.4, -0.2) is 17.7 Å². The molecule has 0 amide bonds. The van der Waals surface area contributed by atoms with E-state index in [0.29, 0.717) is 10.4 Å². The van der Waals surface area contributed by atoms with Crippen LogP contribution in [0, 0.1) is 5.92 Å². The minimum absolute atomic E-state index is 0.0723. The Balaban J connectivity index is 2.09. The van der Waals surface area contributed by atoms with Gasteiger partial charge in [0.1, 0.15) is 0 Å². The maximum Gasteiger partial charge on any atom is 0.264 e. The minimum atomic E-state index is 0.0723. The van der Waals surface area contributed by atoms with E-state index in [1.807, 2.05) is 12.3 Å². The third kappa shape index (κ3) is 2.69. The van der Waals surface area contributed by atoms with Crippen molar-refractivity contribution < 1.29 is 0 Å². The number of nitrogens with zero attached hydrogens (tertiary/aromatic N) is 1. The lowest BCUT2D eigenvalue weighted by Crippen LogP contribution is -2.34. The third-order valence-corrected chi connectivity index (χ3v) is 3.43. The molecule has 1 atom stereocenters. The molecule has 2 rings (SSSR count). The van der Waals surface area contributed by atoms with Crippen LogP contribution in [0.1, 0.15) is 12.8 Å². The summed E-state index contributed by atoms with van der Waals surface area (Å²) in [6, 6.07) is 3.69. The molecule has 1 aliphatic rings. The first-order valence-corrected chi connectivity index (χ1v) is 6.12. The summed E-state index contributed by atoms with van der Waals surface area (Å²) in [6.07, 6.45) is 4.29. The smallest absolute Gasteiger partial charge is 0.264 e. The second-order valence-corrected chi connectivity index (χ2v) is 4.88. The van der Waals surface area contributed by atoms with Crippen molar-refractivity contribution in [2.75, 3.05) is 13.1 Å². The number of aromatic nitrogens is 1. The lowest BCUT2D eigenvalue weighted by Gasteiger charge is -2.23. The van der Waals surface area contributed by atoms with Crippen LogP contribution in [0.2, 0.25) is 0 Å². The van der Waals surface area contributed by atoms with Crippen molar-refractivity contribution in [3.05, 3.63) is 33.2 Å². The summed E-state index contributed by atoms with van der Waals surface area (Å²) < 4.78 is 2.44. The van der Waals surface area contributed by atoms with Crippen LogP contribution in [0.4, 0.5) is 0 Å². The van der Waals surface area contributed by atoms with E-state index in [4.69, 9.17) is 0 Å². The Morgan fingerprint density at radius 2 is 2.47 bits per heavy atom. The Kier molecular flexibility index (Phi) is 3.59. The SMILES string of the molecule is O=c1c(Br)cccn1CC1CCCNC1. The van der Waals surface area contributed by atoms with E-state index >= 15 is 0 Å². The molecule has 1 N–H and O–H groups in total. The summed E-state index contributed by atoms with van der Waals surface area (Å²) >= 11 is 3.26. The van der Waals surface area contributed by atoms with Crippen molar-refractivity contribution >= 4 is 15.9 Å². The number of rotatable bonds is 2. The van der Waals surface area contributed by atoms with Gasteiger partial charge in [-0.15, -0.1) is 0 Å². The predicted octanol–water partition coefficient (Wildman–Crippen LogP) is 1.61. The normalized spacial score (nSPS) is 21.5. The van der Waals surface area contributed by atoms with Gasteiger partial charge >= 0.3 is 0 Å². The van der Waals surface area contributed by atoms with Gasteiger partial charge in [0.15, 0.2) is 0 Å². The molecule has 3 nitrogen and oxygen atoms in total.